The number of rotatable bonds is 7. The third kappa shape index (κ3) is 6.24. The van der Waals surface area contributed by atoms with Crippen molar-refractivity contribution < 1.29 is 4.74 Å². The van der Waals surface area contributed by atoms with Gasteiger partial charge in [0.15, 0.2) is 0 Å². The molecule has 0 aromatic rings. The van der Waals surface area contributed by atoms with E-state index in [0.717, 1.165) is 38.7 Å². The van der Waals surface area contributed by atoms with E-state index in [1.807, 2.05) is 0 Å². The van der Waals surface area contributed by atoms with Crippen molar-refractivity contribution in [2.45, 2.75) is 60.1 Å². The minimum Gasteiger partial charge on any atom is -0.376 e. The lowest BCUT2D eigenvalue weighted by Gasteiger charge is -2.42. The van der Waals surface area contributed by atoms with Gasteiger partial charge in [-0.25, -0.2) is 0 Å². The van der Waals surface area contributed by atoms with Crippen LogP contribution < -0.4 is 5.32 Å². The molecule has 1 fully saturated rings. The molecule has 1 heterocycles. The van der Waals surface area contributed by atoms with Crippen molar-refractivity contribution in [3.63, 3.8) is 0 Å². The van der Waals surface area contributed by atoms with Crippen LogP contribution in [-0.4, -0.2) is 49.8 Å². The van der Waals surface area contributed by atoms with Crippen molar-refractivity contribution in [2.75, 3.05) is 32.8 Å². The molecule has 0 spiro atoms. The molecule has 0 aliphatic carbocycles. The molecule has 114 valence electrons. The first-order valence-electron chi connectivity index (χ1n) is 7.90. The third-order valence-electron chi connectivity index (χ3n) is 3.84. The molecule has 3 nitrogen and oxygen atoms in total. The Kier molecular flexibility index (Phi) is 6.78. The van der Waals surface area contributed by atoms with Gasteiger partial charge in [-0.3, -0.25) is 4.90 Å². The fourth-order valence-electron chi connectivity index (χ4n) is 2.79. The van der Waals surface area contributed by atoms with Crippen molar-refractivity contribution in [1.29, 1.82) is 0 Å². The average Bonchev–Trinajstić information content (AvgIpc) is 2.27. The van der Waals surface area contributed by atoms with E-state index in [4.69, 9.17) is 4.74 Å². The first-order valence-corrected chi connectivity index (χ1v) is 7.90. The smallest absolute Gasteiger partial charge is 0.0674 e. The van der Waals surface area contributed by atoms with Crippen LogP contribution in [-0.2, 0) is 4.74 Å². The summed E-state index contributed by atoms with van der Waals surface area (Å²) in [4.78, 5) is 2.63. The summed E-state index contributed by atoms with van der Waals surface area (Å²) < 4.78 is 5.78. The first-order chi connectivity index (χ1) is 8.84. The van der Waals surface area contributed by atoms with Crippen molar-refractivity contribution in [2.24, 2.45) is 11.3 Å². The number of hydrogen-bond acceptors (Lipinski definition) is 3. The van der Waals surface area contributed by atoms with E-state index in [1.165, 1.54) is 6.42 Å². The zero-order valence-corrected chi connectivity index (χ0v) is 13.8. The van der Waals surface area contributed by atoms with Gasteiger partial charge in [-0.2, -0.15) is 0 Å². The standard InChI is InChI=1S/C16H34N2O/c1-7-15-10-19-14(4)9-18(15)12-16(5,6)11-17-8-13(2)3/h13-15,17H,7-12H2,1-6H3. The van der Waals surface area contributed by atoms with Gasteiger partial charge in [0.05, 0.1) is 12.7 Å². The van der Waals surface area contributed by atoms with Gasteiger partial charge >= 0.3 is 0 Å². The molecule has 0 radical (unpaired) electrons. The predicted octanol–water partition coefficient (Wildman–Crippen LogP) is 2.76. The normalized spacial score (nSPS) is 26.1. The Labute approximate surface area is 120 Å². The maximum Gasteiger partial charge on any atom is 0.0674 e. The Hall–Kier alpha value is -0.120. The first kappa shape index (κ1) is 16.9. The topological polar surface area (TPSA) is 24.5 Å². The highest BCUT2D eigenvalue weighted by Crippen LogP contribution is 2.22. The molecule has 19 heavy (non-hydrogen) atoms. The van der Waals surface area contributed by atoms with Crippen molar-refractivity contribution >= 4 is 0 Å². The highest BCUT2D eigenvalue weighted by molar-refractivity contribution is 4.84. The molecule has 1 saturated heterocycles. The van der Waals surface area contributed by atoms with Gasteiger partial charge in [-0.1, -0.05) is 34.6 Å². The molecule has 0 amide bonds. The van der Waals surface area contributed by atoms with Crippen LogP contribution in [0.5, 0.6) is 0 Å². The second-order valence-electron chi connectivity index (χ2n) is 7.32. The van der Waals surface area contributed by atoms with Crippen LogP contribution in [0.25, 0.3) is 0 Å². The average molecular weight is 270 g/mol. The molecule has 1 rings (SSSR count). The number of nitrogens with one attached hydrogen (secondary N) is 1. The van der Waals surface area contributed by atoms with Crippen LogP contribution in [0.3, 0.4) is 0 Å². The summed E-state index contributed by atoms with van der Waals surface area (Å²) in [6.07, 6.45) is 1.56. The number of hydrogen-bond donors (Lipinski definition) is 1. The molecule has 1 aliphatic heterocycles. The van der Waals surface area contributed by atoms with Crippen molar-refractivity contribution in [3.8, 4) is 0 Å². The maximum absolute atomic E-state index is 5.78. The molecule has 0 aromatic carbocycles. The molecular weight excluding hydrogens is 236 g/mol. The van der Waals surface area contributed by atoms with Crippen molar-refractivity contribution in [3.05, 3.63) is 0 Å². The van der Waals surface area contributed by atoms with Gasteiger partial charge in [-0.05, 0) is 31.2 Å². The minimum atomic E-state index is 0.319. The van der Waals surface area contributed by atoms with E-state index in [9.17, 15) is 0 Å². The zero-order chi connectivity index (χ0) is 14.5. The van der Waals surface area contributed by atoms with E-state index in [0.29, 0.717) is 17.6 Å². The fraction of sp³-hybridized carbons (Fsp3) is 1.00. The SMILES string of the molecule is CCC1COC(C)CN1CC(C)(C)CNCC(C)C. The Bertz CT molecular complexity index is 253. The van der Waals surface area contributed by atoms with E-state index in [-0.39, 0.29) is 0 Å². The fourth-order valence-corrected chi connectivity index (χ4v) is 2.79. The Morgan fingerprint density at radius 2 is 2.05 bits per heavy atom. The van der Waals surface area contributed by atoms with Crippen LogP contribution in [0.1, 0.15) is 48.0 Å². The van der Waals surface area contributed by atoms with Gasteiger partial charge in [-0.15, -0.1) is 0 Å². The van der Waals surface area contributed by atoms with Gasteiger partial charge in [0, 0.05) is 25.7 Å². The highest BCUT2D eigenvalue weighted by atomic mass is 16.5. The van der Waals surface area contributed by atoms with E-state index >= 15 is 0 Å². The summed E-state index contributed by atoms with van der Waals surface area (Å²) >= 11 is 0. The predicted molar refractivity (Wildman–Crippen MR) is 82.6 cm³/mol. The minimum absolute atomic E-state index is 0.319. The molecule has 0 saturated carbocycles. The summed E-state index contributed by atoms with van der Waals surface area (Å²) in [5.74, 6) is 0.725. The van der Waals surface area contributed by atoms with Crippen molar-refractivity contribution in [1.82, 2.24) is 10.2 Å². The molecule has 2 atom stereocenters. The number of nitrogens with zero attached hydrogens (tertiary/aromatic N) is 1. The summed E-state index contributed by atoms with van der Waals surface area (Å²) in [7, 11) is 0. The Balaban J connectivity index is 2.44. The highest BCUT2D eigenvalue weighted by Gasteiger charge is 2.30. The summed E-state index contributed by atoms with van der Waals surface area (Å²) in [5.41, 5.74) is 0.319. The van der Waals surface area contributed by atoms with Crippen LogP contribution in [0.4, 0.5) is 0 Å². The lowest BCUT2D eigenvalue weighted by molar-refractivity contribution is -0.0663. The van der Waals surface area contributed by atoms with Crippen LogP contribution >= 0.6 is 0 Å². The third-order valence-corrected chi connectivity index (χ3v) is 3.84. The summed E-state index contributed by atoms with van der Waals surface area (Å²) in [6.45, 7) is 19.0. The van der Waals surface area contributed by atoms with Gasteiger partial charge < -0.3 is 10.1 Å². The molecule has 2 unspecified atom stereocenters. The summed E-state index contributed by atoms with van der Waals surface area (Å²) in [5, 5.41) is 3.60. The molecule has 1 aliphatic rings. The van der Waals surface area contributed by atoms with E-state index < -0.39 is 0 Å². The molecule has 1 N–H and O–H groups in total. The van der Waals surface area contributed by atoms with Crippen LogP contribution in [0.15, 0.2) is 0 Å². The molecule has 0 aromatic heterocycles. The van der Waals surface area contributed by atoms with Gasteiger partial charge in [0.1, 0.15) is 0 Å². The summed E-state index contributed by atoms with van der Waals surface area (Å²) in [6, 6.07) is 0.598. The lowest BCUT2D eigenvalue weighted by Crippen LogP contribution is -2.53. The number of ether oxygens (including phenoxy) is 1. The Morgan fingerprint density at radius 3 is 2.63 bits per heavy atom. The quantitative estimate of drug-likeness (QED) is 0.770. The van der Waals surface area contributed by atoms with E-state index in [1.54, 1.807) is 0 Å². The lowest BCUT2D eigenvalue weighted by atomic mass is 9.91. The second-order valence-corrected chi connectivity index (χ2v) is 7.32. The Morgan fingerprint density at radius 1 is 1.37 bits per heavy atom. The monoisotopic (exact) mass is 270 g/mol. The zero-order valence-electron chi connectivity index (χ0n) is 13.8. The number of morpholine rings is 1. The van der Waals surface area contributed by atoms with Crippen LogP contribution in [0.2, 0.25) is 0 Å². The van der Waals surface area contributed by atoms with Gasteiger partial charge in [0.25, 0.3) is 0 Å². The second kappa shape index (κ2) is 7.61. The molecule has 3 heteroatoms. The molecular formula is C16H34N2O. The van der Waals surface area contributed by atoms with Gasteiger partial charge in [0.2, 0.25) is 0 Å². The molecule has 0 bridgehead atoms. The largest absolute Gasteiger partial charge is 0.376 e. The van der Waals surface area contributed by atoms with E-state index in [2.05, 4.69) is 51.8 Å². The maximum atomic E-state index is 5.78. The van der Waals surface area contributed by atoms with Crippen LogP contribution in [0, 0.1) is 11.3 Å².